The highest BCUT2D eigenvalue weighted by molar-refractivity contribution is 7.81. The number of carbonyl (C=O) groups excluding carboxylic acids is 1. The highest BCUT2D eigenvalue weighted by atomic mass is 32.1. The second kappa shape index (κ2) is 4.05. The van der Waals surface area contributed by atoms with Crippen LogP contribution < -0.4 is 0 Å². The highest BCUT2D eigenvalue weighted by Gasteiger charge is 2.40. The van der Waals surface area contributed by atoms with Gasteiger partial charge in [0.2, 0.25) is 0 Å². The second-order valence-corrected chi connectivity index (χ2v) is 10.4. The van der Waals surface area contributed by atoms with E-state index in [1.165, 1.54) is 0 Å². The number of hydrogen-bond acceptors (Lipinski definition) is 3. The van der Waals surface area contributed by atoms with E-state index in [1.807, 2.05) is 0 Å². The van der Waals surface area contributed by atoms with E-state index in [2.05, 4.69) is 46.5 Å². The van der Waals surface area contributed by atoms with Crippen molar-refractivity contribution in [2.45, 2.75) is 51.1 Å². The first-order valence-corrected chi connectivity index (χ1v) is 7.91. The summed E-state index contributed by atoms with van der Waals surface area (Å²) < 4.78 is 5.49. The summed E-state index contributed by atoms with van der Waals surface area (Å²) in [6, 6.07) is 0. The lowest BCUT2D eigenvalue weighted by Crippen LogP contribution is -2.44. The smallest absolute Gasteiger partial charge is 0.305 e. The molecule has 0 fully saturated rings. The zero-order chi connectivity index (χ0) is 10.9. The van der Waals surface area contributed by atoms with Gasteiger partial charge in [0.05, 0.1) is 5.25 Å². The van der Waals surface area contributed by atoms with Crippen LogP contribution in [0.15, 0.2) is 0 Å². The molecular weight excluding hydrogens is 200 g/mol. The Morgan fingerprint density at radius 3 is 2.00 bits per heavy atom. The van der Waals surface area contributed by atoms with Crippen LogP contribution in [0.5, 0.6) is 0 Å². The van der Waals surface area contributed by atoms with Gasteiger partial charge in [-0.1, -0.05) is 20.8 Å². The molecule has 0 spiro atoms. The van der Waals surface area contributed by atoms with Gasteiger partial charge in [-0.05, 0) is 25.1 Å². The topological polar surface area (TPSA) is 26.3 Å². The monoisotopic (exact) mass is 220 g/mol. The highest BCUT2D eigenvalue weighted by Crippen LogP contribution is 2.36. The van der Waals surface area contributed by atoms with Gasteiger partial charge < -0.3 is 4.43 Å². The fourth-order valence-corrected chi connectivity index (χ4v) is 1.63. The van der Waals surface area contributed by atoms with Crippen LogP contribution in [0.3, 0.4) is 0 Å². The molecule has 0 N–H and O–H groups in total. The summed E-state index contributed by atoms with van der Waals surface area (Å²) in [7, 11) is -1.93. The van der Waals surface area contributed by atoms with E-state index in [4.69, 9.17) is 4.43 Å². The van der Waals surface area contributed by atoms with Gasteiger partial charge in [-0.15, -0.1) is 0 Å². The predicted molar refractivity (Wildman–Crippen MR) is 61.7 cm³/mol. The molecule has 0 aliphatic rings. The van der Waals surface area contributed by atoms with Gasteiger partial charge >= 0.3 is 5.97 Å². The van der Waals surface area contributed by atoms with Crippen molar-refractivity contribution >= 4 is 26.9 Å². The maximum Gasteiger partial charge on any atom is 0.305 e. The van der Waals surface area contributed by atoms with E-state index in [0.717, 1.165) is 0 Å². The van der Waals surface area contributed by atoms with Crippen LogP contribution in [0, 0.1) is 0 Å². The number of rotatable bonds is 2. The van der Waals surface area contributed by atoms with E-state index in [9.17, 15) is 4.79 Å². The summed E-state index contributed by atoms with van der Waals surface area (Å²) >= 11 is 4.05. The minimum absolute atomic E-state index is 0.0747. The van der Waals surface area contributed by atoms with Gasteiger partial charge in [-0.3, -0.25) is 4.79 Å². The zero-order valence-corrected chi connectivity index (χ0v) is 11.2. The lowest BCUT2D eigenvalue weighted by Gasteiger charge is -2.35. The van der Waals surface area contributed by atoms with E-state index < -0.39 is 8.32 Å². The molecule has 4 heteroatoms. The summed E-state index contributed by atoms with van der Waals surface area (Å²) in [5.41, 5.74) is 0. The number of carbonyl (C=O) groups is 1. The summed E-state index contributed by atoms with van der Waals surface area (Å²) in [5, 5.41) is -0.250. The first-order chi connectivity index (χ1) is 5.58. The summed E-state index contributed by atoms with van der Waals surface area (Å²) in [6.07, 6.45) is 0. The molecule has 1 unspecified atom stereocenters. The molecule has 0 heterocycles. The molecule has 0 saturated heterocycles. The minimum Gasteiger partial charge on any atom is -0.518 e. The van der Waals surface area contributed by atoms with Crippen molar-refractivity contribution in [1.29, 1.82) is 0 Å². The molecule has 0 aliphatic heterocycles. The molecule has 0 rings (SSSR count). The van der Waals surface area contributed by atoms with Crippen LogP contribution in [0.2, 0.25) is 18.1 Å². The second-order valence-electron chi connectivity index (χ2n) is 4.86. The Kier molecular flexibility index (Phi) is 4.06. The molecule has 1 atom stereocenters. The van der Waals surface area contributed by atoms with Gasteiger partial charge in [0.25, 0.3) is 8.32 Å². The molecule has 0 bridgehead atoms. The van der Waals surface area contributed by atoms with Crippen molar-refractivity contribution < 1.29 is 9.22 Å². The van der Waals surface area contributed by atoms with Gasteiger partial charge in [-0.25, -0.2) is 0 Å². The molecule has 0 aromatic carbocycles. The third-order valence-corrected chi connectivity index (χ3v) is 7.04. The summed E-state index contributed by atoms with van der Waals surface area (Å²) in [4.78, 5) is 11.3. The van der Waals surface area contributed by atoms with Crippen molar-refractivity contribution in [2.75, 3.05) is 0 Å². The van der Waals surface area contributed by atoms with E-state index in [1.54, 1.807) is 6.92 Å². The van der Waals surface area contributed by atoms with Crippen LogP contribution >= 0.6 is 12.6 Å². The van der Waals surface area contributed by atoms with Crippen LogP contribution in [0.25, 0.3) is 0 Å². The Hall–Kier alpha value is 0.0369. The zero-order valence-electron chi connectivity index (χ0n) is 9.34. The Bertz CT molecular complexity index is 194. The third kappa shape index (κ3) is 3.73. The Labute approximate surface area is 87.6 Å². The predicted octanol–water partition coefficient (Wildman–Crippen LogP) is 2.85. The molecule has 0 amide bonds. The normalized spacial score (nSPS) is 15.3. The first kappa shape index (κ1) is 13.0. The average molecular weight is 220 g/mol. The number of thiol groups is 1. The molecule has 0 radical (unpaired) electrons. The number of hydrogen-bond donors (Lipinski definition) is 1. The molecular formula is C9H20O2SSi. The molecule has 0 aromatic heterocycles. The first-order valence-electron chi connectivity index (χ1n) is 4.49. The molecule has 2 nitrogen and oxygen atoms in total. The molecule has 0 aromatic rings. The SMILES string of the molecule is CC(S)C(=O)O[Si](C)(C)C(C)(C)C. The van der Waals surface area contributed by atoms with E-state index >= 15 is 0 Å². The minimum atomic E-state index is -1.93. The maximum atomic E-state index is 11.3. The van der Waals surface area contributed by atoms with Crippen molar-refractivity contribution in [2.24, 2.45) is 0 Å². The lowest BCUT2D eigenvalue weighted by atomic mass is 10.2. The quantitative estimate of drug-likeness (QED) is 0.572. The standard InChI is InChI=1S/C9H20O2SSi/c1-7(12)8(10)11-13(5,6)9(2,3)4/h7,12H,1-6H3. The van der Waals surface area contributed by atoms with Gasteiger partial charge in [0.1, 0.15) is 0 Å². The summed E-state index contributed by atoms with van der Waals surface area (Å²) in [6.45, 7) is 12.2. The molecule has 0 saturated carbocycles. The fraction of sp³-hybridized carbons (Fsp3) is 0.889. The van der Waals surface area contributed by atoms with Crippen molar-refractivity contribution in [3.63, 3.8) is 0 Å². The van der Waals surface area contributed by atoms with Crippen molar-refractivity contribution in [3.8, 4) is 0 Å². The fourth-order valence-electron chi connectivity index (χ4n) is 0.490. The van der Waals surface area contributed by atoms with Crippen LogP contribution in [-0.4, -0.2) is 19.5 Å². The van der Waals surface area contributed by atoms with Crippen LogP contribution in [0.4, 0.5) is 0 Å². The Morgan fingerprint density at radius 2 is 1.77 bits per heavy atom. The third-order valence-electron chi connectivity index (χ3n) is 2.50. The maximum absolute atomic E-state index is 11.3. The van der Waals surface area contributed by atoms with E-state index in [-0.39, 0.29) is 16.3 Å². The van der Waals surface area contributed by atoms with Crippen LogP contribution in [-0.2, 0) is 9.22 Å². The van der Waals surface area contributed by atoms with Crippen molar-refractivity contribution in [1.82, 2.24) is 0 Å². The molecule has 0 aliphatic carbocycles. The Balaban J connectivity index is 4.44. The van der Waals surface area contributed by atoms with Crippen molar-refractivity contribution in [3.05, 3.63) is 0 Å². The largest absolute Gasteiger partial charge is 0.518 e. The molecule has 78 valence electrons. The molecule has 13 heavy (non-hydrogen) atoms. The lowest BCUT2D eigenvalue weighted by molar-refractivity contribution is -0.134. The van der Waals surface area contributed by atoms with Crippen LogP contribution in [0.1, 0.15) is 27.7 Å². The van der Waals surface area contributed by atoms with Gasteiger partial charge in [0.15, 0.2) is 0 Å². The Morgan fingerprint density at radius 1 is 1.38 bits per heavy atom. The van der Waals surface area contributed by atoms with E-state index in [0.29, 0.717) is 0 Å². The van der Waals surface area contributed by atoms with Gasteiger partial charge in [0, 0.05) is 0 Å². The summed E-state index contributed by atoms with van der Waals surface area (Å²) in [5.74, 6) is -0.199. The average Bonchev–Trinajstić information content (AvgIpc) is 1.83. The van der Waals surface area contributed by atoms with Gasteiger partial charge in [-0.2, -0.15) is 12.6 Å².